The van der Waals surface area contributed by atoms with Gasteiger partial charge in [-0.15, -0.1) is 0 Å². The average molecular weight is 549 g/mol. The number of carbonyl (C=O) groups is 1. The van der Waals surface area contributed by atoms with Gasteiger partial charge in [-0.3, -0.25) is 4.79 Å². The van der Waals surface area contributed by atoms with Crippen molar-refractivity contribution in [2.75, 3.05) is 45.1 Å². The van der Waals surface area contributed by atoms with E-state index in [0.717, 1.165) is 6.20 Å². The number of sulfonamides is 1. The molecule has 2 aromatic carbocycles. The second-order valence-electron chi connectivity index (χ2n) is 7.88. The van der Waals surface area contributed by atoms with Gasteiger partial charge in [0.15, 0.2) is 23.1 Å². The third kappa shape index (κ3) is 7.20. The lowest BCUT2D eigenvalue weighted by molar-refractivity contribution is -0.109. The zero-order chi connectivity index (χ0) is 27.7. The third-order valence-electron chi connectivity index (χ3n) is 5.34. The summed E-state index contributed by atoms with van der Waals surface area (Å²) in [5.41, 5.74) is 1.96. The Bertz CT molecular complexity index is 1360. The highest BCUT2D eigenvalue weighted by molar-refractivity contribution is 7.88. The van der Waals surface area contributed by atoms with Crippen LogP contribution in [-0.2, 0) is 20.6 Å². The Kier molecular flexibility index (Phi) is 9.62. The monoisotopic (exact) mass is 548 g/mol. The average Bonchev–Trinajstić information content (AvgIpc) is 2.89. The molecule has 3 rings (SSSR count). The van der Waals surface area contributed by atoms with E-state index in [9.17, 15) is 17.6 Å². The predicted molar refractivity (Wildman–Crippen MR) is 141 cm³/mol. The minimum atomic E-state index is -3.75. The fraction of sp³-hybridized carbons (Fsp3) is 0.292. The molecule has 0 atom stereocenters. The Balaban J connectivity index is 1.86. The molecule has 204 valence electrons. The number of amides is 1. The highest BCUT2D eigenvalue weighted by Crippen LogP contribution is 2.40. The van der Waals surface area contributed by atoms with Crippen LogP contribution in [0.2, 0.25) is 0 Å². The normalized spacial score (nSPS) is 11.0. The van der Waals surface area contributed by atoms with Crippen LogP contribution in [0.3, 0.4) is 0 Å². The number of hydrogen-bond donors (Lipinski definition) is 4. The first-order chi connectivity index (χ1) is 18.2. The van der Waals surface area contributed by atoms with Gasteiger partial charge in [0.25, 0.3) is 0 Å². The molecular weight excluding hydrogens is 519 g/mol. The van der Waals surface area contributed by atoms with Crippen LogP contribution in [0.5, 0.6) is 17.2 Å². The first-order valence-electron chi connectivity index (χ1n) is 11.3. The summed E-state index contributed by atoms with van der Waals surface area (Å²) in [6.45, 7) is 1.93. The van der Waals surface area contributed by atoms with Crippen LogP contribution in [0.1, 0.15) is 11.1 Å². The number of ether oxygens (including phenoxy) is 3. The van der Waals surface area contributed by atoms with Crippen molar-refractivity contribution >= 4 is 39.6 Å². The number of anilines is 4. The molecule has 0 aliphatic rings. The van der Waals surface area contributed by atoms with Crippen molar-refractivity contribution in [3.8, 4) is 17.2 Å². The Labute approximate surface area is 220 Å². The van der Waals surface area contributed by atoms with Gasteiger partial charge in [0.2, 0.25) is 28.1 Å². The van der Waals surface area contributed by atoms with Crippen molar-refractivity contribution in [3.63, 3.8) is 0 Å². The number of halogens is 1. The number of carbonyl (C=O) groups excluding carboxylic acids is 1. The van der Waals surface area contributed by atoms with Crippen LogP contribution in [0.15, 0.2) is 36.5 Å². The van der Waals surface area contributed by atoms with E-state index in [1.807, 2.05) is 0 Å². The maximum Gasteiger partial charge on any atom is 0.229 e. The molecule has 0 bridgehead atoms. The summed E-state index contributed by atoms with van der Waals surface area (Å²) in [7, 11) is 0.699. The second-order valence-corrected chi connectivity index (χ2v) is 9.69. The lowest BCUT2D eigenvalue weighted by Gasteiger charge is -2.16. The number of benzene rings is 2. The maximum atomic E-state index is 14.7. The van der Waals surface area contributed by atoms with Crippen LogP contribution in [0.25, 0.3) is 0 Å². The standard InChI is InChI=1S/C24H29FN6O6S/c1-15-6-5-7-19(17(15)13-38(33,34)28-9-8-26-14-32)30-23-18(25)12-27-24(31-23)29-16-10-20(35-2)22(37-4)21(11-16)36-3/h5-7,10-12,14,28H,8-9,13H2,1-4H3,(H,26,32)(H2,27,29,30,31). The van der Waals surface area contributed by atoms with Crippen molar-refractivity contribution in [2.45, 2.75) is 12.7 Å². The van der Waals surface area contributed by atoms with Gasteiger partial charge in [0.05, 0.1) is 33.3 Å². The highest BCUT2D eigenvalue weighted by Gasteiger charge is 2.18. The molecule has 0 fully saturated rings. The van der Waals surface area contributed by atoms with Crippen molar-refractivity contribution in [1.82, 2.24) is 20.0 Å². The Morgan fingerprint density at radius 1 is 1.03 bits per heavy atom. The highest BCUT2D eigenvalue weighted by atomic mass is 32.2. The van der Waals surface area contributed by atoms with Gasteiger partial charge < -0.3 is 30.2 Å². The largest absolute Gasteiger partial charge is 0.493 e. The number of rotatable bonds is 14. The van der Waals surface area contributed by atoms with E-state index in [1.165, 1.54) is 21.3 Å². The maximum absolute atomic E-state index is 14.7. The van der Waals surface area contributed by atoms with E-state index in [0.29, 0.717) is 46.2 Å². The molecular formula is C24H29FN6O6S. The fourth-order valence-electron chi connectivity index (χ4n) is 3.51. The Hall–Kier alpha value is -4.17. The van der Waals surface area contributed by atoms with Gasteiger partial charge in [-0.25, -0.2) is 22.5 Å². The van der Waals surface area contributed by atoms with Gasteiger partial charge >= 0.3 is 0 Å². The predicted octanol–water partition coefficient (Wildman–Crippen LogP) is 2.60. The van der Waals surface area contributed by atoms with Crippen LogP contribution in [-0.4, -0.2) is 59.2 Å². The molecule has 1 amide bonds. The molecule has 3 aromatic rings. The molecule has 0 aliphatic carbocycles. The lowest BCUT2D eigenvalue weighted by atomic mass is 10.1. The number of methoxy groups -OCH3 is 3. The number of aromatic nitrogens is 2. The Morgan fingerprint density at radius 2 is 1.74 bits per heavy atom. The topological polar surface area (TPSA) is 153 Å². The SMILES string of the molecule is COc1cc(Nc2ncc(F)c(Nc3cccc(C)c3CS(=O)(=O)NCCNC=O)n2)cc(OC)c1OC. The summed E-state index contributed by atoms with van der Waals surface area (Å²) in [5, 5.41) is 8.24. The van der Waals surface area contributed by atoms with Crippen LogP contribution >= 0.6 is 0 Å². The van der Waals surface area contributed by atoms with Gasteiger partial charge in [0.1, 0.15) is 0 Å². The van der Waals surface area contributed by atoms with Crippen LogP contribution in [0.4, 0.5) is 27.5 Å². The summed E-state index contributed by atoms with van der Waals surface area (Å²) in [5.74, 6) is -0.0106. The summed E-state index contributed by atoms with van der Waals surface area (Å²) in [4.78, 5) is 18.6. The molecule has 1 heterocycles. The molecule has 0 saturated carbocycles. The molecule has 0 radical (unpaired) electrons. The van der Waals surface area contributed by atoms with Crippen molar-refractivity contribution in [2.24, 2.45) is 0 Å². The quantitative estimate of drug-likeness (QED) is 0.175. The summed E-state index contributed by atoms with van der Waals surface area (Å²) in [6, 6.07) is 8.37. The number of hydrogen-bond acceptors (Lipinski definition) is 10. The first-order valence-corrected chi connectivity index (χ1v) is 13.0. The van der Waals surface area contributed by atoms with E-state index in [2.05, 4.69) is 30.6 Å². The van der Waals surface area contributed by atoms with Crippen molar-refractivity contribution in [3.05, 3.63) is 53.5 Å². The molecule has 0 aliphatic heterocycles. The molecule has 4 N–H and O–H groups in total. The summed E-state index contributed by atoms with van der Waals surface area (Å²) < 4.78 is 58.3. The van der Waals surface area contributed by atoms with Gasteiger partial charge in [-0.05, 0) is 24.1 Å². The number of nitrogens with zero attached hydrogens (tertiary/aromatic N) is 2. The summed E-state index contributed by atoms with van der Waals surface area (Å²) in [6.07, 6.45) is 1.47. The molecule has 0 unspecified atom stereocenters. The molecule has 38 heavy (non-hydrogen) atoms. The third-order valence-corrected chi connectivity index (χ3v) is 6.65. The zero-order valence-corrected chi connectivity index (χ0v) is 22.1. The van der Waals surface area contributed by atoms with Gasteiger partial charge in [-0.1, -0.05) is 12.1 Å². The summed E-state index contributed by atoms with van der Waals surface area (Å²) >= 11 is 0. The van der Waals surface area contributed by atoms with Gasteiger partial charge in [-0.2, -0.15) is 4.98 Å². The smallest absolute Gasteiger partial charge is 0.229 e. The lowest BCUT2D eigenvalue weighted by Crippen LogP contribution is -2.32. The minimum absolute atomic E-state index is 0.0339. The second kappa shape index (κ2) is 12.9. The molecule has 0 spiro atoms. The van der Waals surface area contributed by atoms with Crippen molar-refractivity contribution < 1.29 is 31.8 Å². The number of aryl methyl sites for hydroxylation is 1. The molecule has 12 nitrogen and oxygen atoms in total. The van der Waals surface area contributed by atoms with E-state index in [4.69, 9.17) is 14.2 Å². The van der Waals surface area contributed by atoms with E-state index < -0.39 is 15.8 Å². The van der Waals surface area contributed by atoms with Gasteiger partial charge in [0, 0.05) is 36.6 Å². The molecule has 14 heteroatoms. The van der Waals surface area contributed by atoms with E-state index >= 15 is 0 Å². The van der Waals surface area contributed by atoms with E-state index in [1.54, 1.807) is 37.3 Å². The number of nitrogens with one attached hydrogen (secondary N) is 4. The van der Waals surface area contributed by atoms with Crippen LogP contribution in [0, 0.1) is 12.7 Å². The van der Waals surface area contributed by atoms with Crippen LogP contribution < -0.4 is 34.9 Å². The van der Waals surface area contributed by atoms with Crippen molar-refractivity contribution in [1.29, 1.82) is 0 Å². The Morgan fingerprint density at radius 3 is 2.37 bits per heavy atom. The fourth-order valence-corrected chi connectivity index (χ4v) is 4.79. The minimum Gasteiger partial charge on any atom is -0.493 e. The first kappa shape index (κ1) is 28.4. The molecule has 0 saturated heterocycles. The zero-order valence-electron chi connectivity index (χ0n) is 21.3. The van der Waals surface area contributed by atoms with E-state index in [-0.39, 0.29) is 30.6 Å². The molecule has 1 aromatic heterocycles.